The van der Waals surface area contributed by atoms with Crippen LogP contribution in [-0.2, 0) is 31.6 Å². The monoisotopic (exact) mass is 390 g/mol. The molecule has 5 atom stereocenters. The second-order valence-corrected chi connectivity index (χ2v) is 8.31. The second kappa shape index (κ2) is 8.41. The molecule has 16 heteroatoms. The van der Waals surface area contributed by atoms with E-state index in [2.05, 4.69) is 13.1 Å². The third-order valence-electron chi connectivity index (χ3n) is 1.67. The summed E-state index contributed by atoms with van der Waals surface area (Å²) in [4.78, 5) is 34.9. The smallest absolute Gasteiger partial charge is 0.394 e. The van der Waals surface area contributed by atoms with Gasteiger partial charge in [0.1, 0.15) is 6.10 Å². The van der Waals surface area contributed by atoms with E-state index in [1.54, 1.807) is 0 Å². The molecule has 0 fully saturated rings. The van der Waals surface area contributed by atoms with E-state index < -0.39 is 48.6 Å². The van der Waals surface area contributed by atoms with E-state index >= 15 is 0 Å². The van der Waals surface area contributed by atoms with E-state index in [-0.39, 0.29) is 0 Å². The molecule has 0 heterocycles. The number of ether oxygens (including phenoxy) is 1. The largest absolute Gasteiger partial charge is 0.490 e. The summed E-state index contributed by atoms with van der Waals surface area (Å²) in [5.74, 6) is 0. The predicted octanol–water partition coefficient (Wildman–Crippen LogP) is -0.566. The first kappa shape index (κ1) is 22.3. The summed E-state index contributed by atoms with van der Waals surface area (Å²) in [6.45, 7) is 1.85. The summed E-state index contributed by atoms with van der Waals surface area (Å²) in [7, 11) is -16.6. The fourth-order valence-corrected chi connectivity index (χ4v) is 4.08. The molecule has 0 radical (unpaired) electrons. The average Bonchev–Trinajstić information content (AvgIpc) is 2.21. The lowest BCUT2D eigenvalue weighted by atomic mass is 10.4. The molecule has 0 rings (SSSR count). The van der Waals surface area contributed by atoms with E-state index in [0.717, 1.165) is 6.92 Å². The number of phosphoric ester groups is 1. The van der Waals surface area contributed by atoms with E-state index in [0.29, 0.717) is 0 Å². The van der Waals surface area contributed by atoms with Crippen LogP contribution >= 0.6 is 23.5 Å². The lowest BCUT2D eigenvalue weighted by Crippen LogP contribution is -2.33. The van der Waals surface area contributed by atoms with Gasteiger partial charge in [0, 0.05) is 0 Å². The van der Waals surface area contributed by atoms with Crippen LogP contribution in [0.1, 0.15) is 13.8 Å². The molecule has 5 unspecified atom stereocenters. The van der Waals surface area contributed by atoms with Crippen LogP contribution in [0.5, 0.6) is 0 Å². The number of hydrogen-bond donors (Lipinski definition) is 6. The van der Waals surface area contributed by atoms with Gasteiger partial charge in [0.15, 0.2) is 6.29 Å². The van der Waals surface area contributed by atoms with Crippen LogP contribution < -0.4 is 0 Å². The molecular formula is C6H17O13P3. The maximum absolute atomic E-state index is 11.5. The molecule has 0 aromatic heterocycles. The van der Waals surface area contributed by atoms with Crippen LogP contribution in [0.15, 0.2) is 0 Å². The highest BCUT2D eigenvalue weighted by atomic mass is 31.3. The van der Waals surface area contributed by atoms with Gasteiger partial charge in [-0.25, -0.2) is 13.7 Å². The molecule has 0 bridgehead atoms. The van der Waals surface area contributed by atoms with E-state index in [4.69, 9.17) is 24.5 Å². The van der Waals surface area contributed by atoms with Crippen molar-refractivity contribution in [3.05, 3.63) is 0 Å². The van der Waals surface area contributed by atoms with Gasteiger partial charge in [-0.05, 0) is 13.8 Å². The van der Waals surface area contributed by atoms with Gasteiger partial charge in [0.2, 0.25) is 0 Å². The zero-order valence-corrected chi connectivity index (χ0v) is 14.0. The number of rotatable bonds is 10. The number of phosphoric acid groups is 3. The normalized spacial score (nSPS) is 22.4. The van der Waals surface area contributed by atoms with Crippen LogP contribution in [0.2, 0.25) is 0 Å². The third-order valence-corrected chi connectivity index (χ3v) is 5.47. The number of aliphatic hydroxyl groups is 2. The molecule has 0 saturated carbocycles. The van der Waals surface area contributed by atoms with Crippen molar-refractivity contribution in [3.63, 3.8) is 0 Å². The highest BCUT2D eigenvalue weighted by Gasteiger charge is 2.42. The highest BCUT2D eigenvalue weighted by molar-refractivity contribution is 7.66. The lowest BCUT2D eigenvalue weighted by molar-refractivity contribution is -0.177. The first-order valence-corrected chi connectivity index (χ1v) is 9.96. The van der Waals surface area contributed by atoms with E-state index in [9.17, 15) is 23.7 Å². The Hall–Kier alpha value is 0.290. The van der Waals surface area contributed by atoms with Gasteiger partial charge in [-0.1, -0.05) is 0 Å². The first-order valence-electron chi connectivity index (χ1n) is 5.44. The minimum Gasteiger partial charge on any atom is -0.394 e. The molecule has 134 valence electrons. The summed E-state index contributed by atoms with van der Waals surface area (Å²) in [6.07, 6.45) is -4.32. The van der Waals surface area contributed by atoms with Crippen molar-refractivity contribution >= 4 is 23.5 Å². The number of aliphatic hydroxyl groups excluding tert-OH is 2. The molecule has 0 spiro atoms. The third kappa shape index (κ3) is 10.1. The van der Waals surface area contributed by atoms with Crippen molar-refractivity contribution < 1.29 is 61.4 Å². The fourth-order valence-electron chi connectivity index (χ4n) is 0.929. The number of hydrogen-bond acceptors (Lipinski definition) is 9. The zero-order valence-electron chi connectivity index (χ0n) is 11.3. The first-order chi connectivity index (χ1) is 9.67. The minimum atomic E-state index is -5.65. The molecule has 0 aromatic carbocycles. The summed E-state index contributed by atoms with van der Waals surface area (Å²) in [6, 6.07) is 0. The second-order valence-electron chi connectivity index (χ2n) is 3.93. The Morgan fingerprint density at radius 2 is 1.45 bits per heavy atom. The maximum atomic E-state index is 11.5. The zero-order chi connectivity index (χ0) is 17.8. The Labute approximate surface area is 124 Å². The molecule has 6 N–H and O–H groups in total. The van der Waals surface area contributed by atoms with Gasteiger partial charge >= 0.3 is 23.5 Å². The van der Waals surface area contributed by atoms with Gasteiger partial charge in [-0.2, -0.15) is 8.62 Å². The van der Waals surface area contributed by atoms with Crippen molar-refractivity contribution in [3.8, 4) is 0 Å². The quantitative estimate of drug-likeness (QED) is 0.204. The van der Waals surface area contributed by atoms with Gasteiger partial charge < -0.3 is 34.5 Å². The summed E-state index contributed by atoms with van der Waals surface area (Å²) >= 11 is 0. The van der Waals surface area contributed by atoms with Crippen molar-refractivity contribution in [2.75, 3.05) is 6.61 Å². The molecule has 13 nitrogen and oxygen atoms in total. The Bertz CT molecular complexity index is 484. The standard InChI is InChI=1S/C6H17O13P3/c1-4(3-7)16-6(5(2)8)17-21(12,13)19-22(14,15)18-20(9,10)11/h4-8H,3H2,1-2H3,(H,12,13)(H,14,15)(H2,9,10,11). The molecule has 0 aliphatic heterocycles. The molecule has 0 amide bonds. The van der Waals surface area contributed by atoms with Crippen LogP contribution in [0.25, 0.3) is 0 Å². The van der Waals surface area contributed by atoms with Crippen LogP contribution in [0.3, 0.4) is 0 Å². The lowest BCUT2D eigenvalue weighted by Gasteiger charge is -2.25. The molecule has 22 heavy (non-hydrogen) atoms. The molecular weight excluding hydrogens is 373 g/mol. The van der Waals surface area contributed by atoms with Gasteiger partial charge in [0.05, 0.1) is 12.7 Å². The van der Waals surface area contributed by atoms with Gasteiger partial charge in [-0.15, -0.1) is 0 Å². The Kier molecular flexibility index (Phi) is 8.52. The Morgan fingerprint density at radius 3 is 1.82 bits per heavy atom. The highest BCUT2D eigenvalue weighted by Crippen LogP contribution is 2.66. The minimum absolute atomic E-state index is 0.539. The van der Waals surface area contributed by atoms with Crippen molar-refractivity contribution in [2.24, 2.45) is 0 Å². The predicted molar refractivity (Wildman–Crippen MR) is 68.1 cm³/mol. The summed E-state index contributed by atoms with van der Waals surface area (Å²) in [5, 5.41) is 18.1. The van der Waals surface area contributed by atoms with E-state index in [1.165, 1.54) is 6.92 Å². The topological polar surface area (TPSA) is 210 Å². The van der Waals surface area contributed by atoms with Crippen LogP contribution in [-0.4, -0.2) is 54.9 Å². The molecule has 0 aliphatic rings. The van der Waals surface area contributed by atoms with Gasteiger partial charge in [0.25, 0.3) is 0 Å². The van der Waals surface area contributed by atoms with Crippen molar-refractivity contribution in [2.45, 2.75) is 32.3 Å². The summed E-state index contributed by atoms with van der Waals surface area (Å²) in [5.41, 5.74) is 0. The maximum Gasteiger partial charge on any atom is 0.490 e. The SMILES string of the molecule is CC(CO)OC(OP(=O)(O)OP(=O)(O)OP(=O)(O)O)C(C)O. The van der Waals surface area contributed by atoms with Crippen molar-refractivity contribution in [1.82, 2.24) is 0 Å². The molecule has 0 aromatic rings. The molecule has 0 aliphatic carbocycles. The van der Waals surface area contributed by atoms with Crippen LogP contribution in [0, 0.1) is 0 Å². The fraction of sp³-hybridized carbons (Fsp3) is 1.00. The van der Waals surface area contributed by atoms with Gasteiger partial charge in [-0.3, -0.25) is 4.52 Å². The Balaban J connectivity index is 4.95. The van der Waals surface area contributed by atoms with Crippen molar-refractivity contribution in [1.29, 1.82) is 0 Å². The van der Waals surface area contributed by atoms with E-state index in [1.807, 2.05) is 0 Å². The summed E-state index contributed by atoms with van der Waals surface area (Å²) < 4.78 is 49.0. The molecule has 0 saturated heterocycles. The average molecular weight is 390 g/mol. The Morgan fingerprint density at radius 1 is 0.955 bits per heavy atom. The van der Waals surface area contributed by atoms with Crippen LogP contribution in [0.4, 0.5) is 0 Å².